The number of allylic oxidation sites excluding steroid dienone is 3. The molecule has 0 spiro atoms. The molecule has 8 rings (SSSR count). The van der Waals surface area contributed by atoms with Crippen molar-refractivity contribution in [3.8, 4) is 11.5 Å². The van der Waals surface area contributed by atoms with Crippen molar-refractivity contribution in [2.75, 3.05) is 5.43 Å². The van der Waals surface area contributed by atoms with Gasteiger partial charge in [0.05, 0.1) is 35.9 Å². The third kappa shape index (κ3) is 3.77. The summed E-state index contributed by atoms with van der Waals surface area (Å²) >= 11 is 0. The number of aryl methyl sites for hydroxylation is 1. The standard InChI is InChI=1S/C35H31N5O6/c1-20-8-10-24(11-9-20)36-39-31(42)27-18-28-26(14-15-38-33(44)37(2)34(45)40(28)38)30(35(27,32(39)43)23-6-4-3-5-7-23)22-16-21-17-25(41)12-13-29(21)46-19-22/h3-14,17,19,27-28,30,36,41H,15-16,18H2,1-2H3/t27-,28+,30-,35+/m0/s1. The fourth-order valence-corrected chi connectivity index (χ4v) is 7.93. The largest absolute Gasteiger partial charge is 0.508 e. The number of carbonyl (C=O) groups excluding carboxylic acids is 2. The van der Waals surface area contributed by atoms with Crippen LogP contribution in [0.1, 0.15) is 29.2 Å². The summed E-state index contributed by atoms with van der Waals surface area (Å²) in [6.45, 7) is 2.09. The highest BCUT2D eigenvalue weighted by Crippen LogP contribution is 2.61. The van der Waals surface area contributed by atoms with Gasteiger partial charge in [-0.05, 0) is 60.4 Å². The number of ether oxygens (including phenoxy) is 1. The van der Waals surface area contributed by atoms with Gasteiger partial charge in [-0.3, -0.25) is 15.0 Å². The molecule has 0 radical (unpaired) electrons. The van der Waals surface area contributed by atoms with E-state index in [0.717, 1.165) is 31.8 Å². The molecular weight excluding hydrogens is 586 g/mol. The number of hydrogen-bond acceptors (Lipinski definition) is 7. The first-order valence-electron chi connectivity index (χ1n) is 15.2. The lowest BCUT2D eigenvalue weighted by Gasteiger charge is -2.49. The predicted octanol–water partition coefficient (Wildman–Crippen LogP) is 3.33. The minimum atomic E-state index is -1.40. The fourth-order valence-electron chi connectivity index (χ4n) is 7.93. The maximum atomic E-state index is 15.1. The summed E-state index contributed by atoms with van der Waals surface area (Å²) in [5.41, 5.74) is 5.27. The Hall–Kier alpha value is -5.58. The molecule has 1 saturated carbocycles. The smallest absolute Gasteiger partial charge is 0.347 e. The van der Waals surface area contributed by atoms with Crippen LogP contribution in [0.4, 0.5) is 5.69 Å². The van der Waals surface area contributed by atoms with E-state index in [2.05, 4.69) is 5.43 Å². The van der Waals surface area contributed by atoms with Gasteiger partial charge in [-0.1, -0.05) is 54.1 Å². The number of phenols is 1. The topological polar surface area (TPSA) is 128 Å². The van der Waals surface area contributed by atoms with Crippen LogP contribution in [0.25, 0.3) is 0 Å². The average Bonchev–Trinajstić information content (AvgIpc) is 3.42. The van der Waals surface area contributed by atoms with Crippen molar-refractivity contribution in [1.82, 2.24) is 18.9 Å². The van der Waals surface area contributed by atoms with Crippen LogP contribution in [-0.2, 0) is 35.0 Å². The molecule has 2 N–H and O–H groups in total. The highest BCUT2D eigenvalue weighted by molar-refractivity contribution is 6.12. The molecule has 2 amide bonds. The Bertz CT molecular complexity index is 2120. The summed E-state index contributed by atoms with van der Waals surface area (Å²) in [4.78, 5) is 56.3. The first-order chi connectivity index (χ1) is 22.2. The first kappa shape index (κ1) is 27.9. The maximum absolute atomic E-state index is 15.1. The van der Waals surface area contributed by atoms with Crippen LogP contribution in [0.5, 0.6) is 11.5 Å². The number of hydrogen-bond donors (Lipinski definition) is 2. The van der Waals surface area contributed by atoms with Crippen molar-refractivity contribution < 1.29 is 19.4 Å². The van der Waals surface area contributed by atoms with Crippen molar-refractivity contribution in [2.24, 2.45) is 18.9 Å². The molecule has 4 aliphatic rings. The normalized spacial score (nSPS) is 24.7. The van der Waals surface area contributed by atoms with E-state index in [4.69, 9.17) is 4.74 Å². The number of rotatable bonds is 4. The average molecular weight is 618 g/mol. The molecule has 1 saturated heterocycles. The van der Waals surface area contributed by atoms with Crippen molar-refractivity contribution in [3.05, 3.63) is 134 Å². The number of carbonyl (C=O) groups is 2. The third-order valence-corrected chi connectivity index (χ3v) is 9.99. The minimum Gasteiger partial charge on any atom is -0.508 e. The zero-order valence-corrected chi connectivity index (χ0v) is 25.2. The molecular formula is C35H31N5O6. The molecule has 4 atom stereocenters. The van der Waals surface area contributed by atoms with E-state index in [9.17, 15) is 19.5 Å². The van der Waals surface area contributed by atoms with E-state index in [1.165, 1.54) is 16.4 Å². The Kier molecular flexibility index (Phi) is 6.05. The Balaban J connectivity index is 1.36. The summed E-state index contributed by atoms with van der Waals surface area (Å²) < 4.78 is 10.0. The molecule has 1 aromatic heterocycles. The van der Waals surface area contributed by atoms with Crippen molar-refractivity contribution in [1.29, 1.82) is 0 Å². The van der Waals surface area contributed by atoms with Crippen LogP contribution >= 0.6 is 0 Å². The molecule has 3 aliphatic heterocycles. The number of anilines is 1. The summed E-state index contributed by atoms with van der Waals surface area (Å²) in [7, 11) is 1.44. The zero-order valence-electron chi connectivity index (χ0n) is 25.2. The first-order valence-corrected chi connectivity index (χ1v) is 15.2. The number of nitrogens with one attached hydrogen (secondary N) is 1. The zero-order chi connectivity index (χ0) is 31.9. The SMILES string of the molecule is Cc1ccc(NN2C(=O)[C@@H]3C[C@@H]4C(=CCn5c(=O)n(C)c(=O)n54)[C@H](C4=COc5ccc(O)cc5C4)[C@]3(c3ccccc3)C2=O)cc1. The van der Waals surface area contributed by atoms with Gasteiger partial charge in [-0.2, -0.15) is 5.01 Å². The number of nitrogens with zero attached hydrogens (tertiary/aromatic N) is 4. The number of aromatic nitrogens is 3. The van der Waals surface area contributed by atoms with Crippen LogP contribution in [-0.4, -0.2) is 35.9 Å². The second kappa shape index (κ2) is 9.96. The number of aromatic hydroxyl groups is 1. The van der Waals surface area contributed by atoms with Gasteiger partial charge in [0.25, 0.3) is 11.8 Å². The van der Waals surface area contributed by atoms with Crippen molar-refractivity contribution >= 4 is 17.5 Å². The van der Waals surface area contributed by atoms with E-state index >= 15 is 4.79 Å². The molecule has 1 aliphatic carbocycles. The van der Waals surface area contributed by atoms with Crippen LogP contribution < -0.4 is 21.5 Å². The summed E-state index contributed by atoms with van der Waals surface area (Å²) in [6, 6.07) is 21.0. The molecule has 0 bridgehead atoms. The van der Waals surface area contributed by atoms with Crippen molar-refractivity contribution in [3.63, 3.8) is 0 Å². The number of hydrazine groups is 1. The molecule has 46 heavy (non-hydrogen) atoms. The molecule has 11 nitrogen and oxygen atoms in total. The Labute approximate surface area is 263 Å². The lowest BCUT2D eigenvalue weighted by molar-refractivity contribution is -0.138. The molecule has 3 aromatic carbocycles. The number of fused-ring (bicyclic) bond motifs is 5. The molecule has 232 valence electrons. The number of phenolic OH excluding ortho intramolecular Hbond substituents is 1. The molecule has 11 heteroatoms. The third-order valence-electron chi connectivity index (χ3n) is 9.99. The maximum Gasteiger partial charge on any atom is 0.347 e. The highest BCUT2D eigenvalue weighted by atomic mass is 16.5. The van der Waals surface area contributed by atoms with Gasteiger partial charge in [0.15, 0.2) is 0 Å². The van der Waals surface area contributed by atoms with Gasteiger partial charge in [0.1, 0.15) is 11.5 Å². The predicted molar refractivity (Wildman–Crippen MR) is 168 cm³/mol. The summed E-state index contributed by atoms with van der Waals surface area (Å²) in [5, 5.41) is 11.4. The fraction of sp³-hybridized carbons (Fsp3) is 0.257. The van der Waals surface area contributed by atoms with E-state index in [0.29, 0.717) is 23.4 Å². The van der Waals surface area contributed by atoms with Crippen LogP contribution in [0.2, 0.25) is 0 Å². The van der Waals surface area contributed by atoms with E-state index in [-0.39, 0.29) is 18.7 Å². The molecule has 0 unspecified atom stereocenters. The van der Waals surface area contributed by atoms with Gasteiger partial charge in [-0.25, -0.2) is 23.5 Å². The quantitative estimate of drug-likeness (QED) is 0.266. The van der Waals surface area contributed by atoms with Gasteiger partial charge < -0.3 is 9.84 Å². The summed E-state index contributed by atoms with van der Waals surface area (Å²) in [5.74, 6) is -1.78. The molecule has 4 aromatic rings. The van der Waals surface area contributed by atoms with Gasteiger partial charge >= 0.3 is 11.4 Å². The second-order valence-corrected chi connectivity index (χ2v) is 12.5. The van der Waals surface area contributed by atoms with E-state index in [1.807, 2.05) is 67.6 Å². The second-order valence-electron chi connectivity index (χ2n) is 12.5. The Morgan fingerprint density at radius 3 is 2.48 bits per heavy atom. The number of benzene rings is 3. The molecule has 2 fully saturated rings. The number of amides is 2. The van der Waals surface area contributed by atoms with Crippen molar-refractivity contribution in [2.45, 2.75) is 37.8 Å². The van der Waals surface area contributed by atoms with Gasteiger partial charge in [0, 0.05) is 24.9 Å². The van der Waals surface area contributed by atoms with E-state index < -0.39 is 46.5 Å². The Morgan fingerprint density at radius 2 is 1.72 bits per heavy atom. The van der Waals surface area contributed by atoms with Gasteiger partial charge in [0.2, 0.25) is 0 Å². The minimum absolute atomic E-state index is 0.0816. The lowest BCUT2D eigenvalue weighted by Crippen LogP contribution is -2.55. The van der Waals surface area contributed by atoms with E-state index in [1.54, 1.807) is 24.5 Å². The van der Waals surface area contributed by atoms with Crippen LogP contribution in [0.3, 0.4) is 0 Å². The highest BCUT2D eigenvalue weighted by Gasteiger charge is 2.69. The lowest BCUT2D eigenvalue weighted by atomic mass is 9.52. The Morgan fingerprint density at radius 1 is 0.957 bits per heavy atom. The van der Waals surface area contributed by atoms with Crippen LogP contribution in [0, 0.1) is 18.8 Å². The molecule has 4 heterocycles. The summed E-state index contributed by atoms with van der Waals surface area (Å²) in [6.07, 6.45) is 4.02. The van der Waals surface area contributed by atoms with Gasteiger partial charge in [-0.15, -0.1) is 0 Å². The number of imide groups is 1. The van der Waals surface area contributed by atoms with Crippen LogP contribution in [0.15, 0.2) is 106 Å². The monoisotopic (exact) mass is 617 g/mol.